The number of carbonyl (C=O) groups excluding carboxylic acids is 2. The predicted molar refractivity (Wildman–Crippen MR) is 140 cm³/mol. The van der Waals surface area contributed by atoms with E-state index >= 15 is 0 Å². The summed E-state index contributed by atoms with van der Waals surface area (Å²) in [6.45, 7) is 1.59. The Balaban J connectivity index is 1.30. The highest BCUT2D eigenvalue weighted by atomic mass is 32.1. The molecule has 3 heterocycles. The number of para-hydroxylation sites is 1. The Hall–Kier alpha value is -3.91. The maximum atomic E-state index is 13.2. The zero-order valence-corrected chi connectivity index (χ0v) is 20.1. The van der Waals surface area contributed by atoms with Crippen molar-refractivity contribution >= 4 is 34.6 Å². The Morgan fingerprint density at radius 1 is 0.800 bits per heavy atom. The number of amides is 3. The van der Waals surface area contributed by atoms with Crippen molar-refractivity contribution in [2.75, 3.05) is 23.7 Å². The molecular formula is C27H27N5O2S. The van der Waals surface area contributed by atoms with Gasteiger partial charge in [0, 0.05) is 30.7 Å². The fourth-order valence-corrected chi connectivity index (χ4v) is 4.88. The number of nitrogens with zero attached hydrogens (tertiary/aromatic N) is 3. The third kappa shape index (κ3) is 5.44. The fraction of sp³-hybridized carbons (Fsp3) is 0.222. The van der Waals surface area contributed by atoms with Gasteiger partial charge in [0.1, 0.15) is 5.69 Å². The van der Waals surface area contributed by atoms with Gasteiger partial charge in [-0.2, -0.15) is 5.10 Å². The standard InChI is InChI=1S/C27H27N5O2S/c33-26(23-19-32(22-9-4-3-5-10-22)30-25(23)24-11-8-18-35-24)28-20-12-14-21(15-13-20)29-27(34)31-16-6-1-2-7-17-31/h3-5,8-15,18-19H,1-2,6-7,16-17H2,(H,28,33)(H,29,34). The molecule has 2 N–H and O–H groups in total. The van der Waals surface area contributed by atoms with Gasteiger partial charge in [0.05, 0.1) is 16.1 Å². The molecule has 0 bridgehead atoms. The number of thiophene rings is 1. The van der Waals surface area contributed by atoms with E-state index in [-0.39, 0.29) is 11.9 Å². The van der Waals surface area contributed by atoms with Crippen LogP contribution in [-0.4, -0.2) is 39.7 Å². The average molecular weight is 486 g/mol. The first-order valence-corrected chi connectivity index (χ1v) is 12.7. The van der Waals surface area contributed by atoms with Crippen molar-refractivity contribution in [3.63, 3.8) is 0 Å². The first kappa shape index (κ1) is 22.9. The number of benzene rings is 2. The van der Waals surface area contributed by atoms with Crippen LogP contribution in [0.1, 0.15) is 36.0 Å². The molecule has 0 spiro atoms. The van der Waals surface area contributed by atoms with Gasteiger partial charge in [-0.3, -0.25) is 4.79 Å². The molecule has 8 heteroatoms. The maximum Gasteiger partial charge on any atom is 0.321 e. The van der Waals surface area contributed by atoms with Crippen LogP contribution in [-0.2, 0) is 0 Å². The molecular weight excluding hydrogens is 458 g/mol. The summed E-state index contributed by atoms with van der Waals surface area (Å²) in [7, 11) is 0. The summed E-state index contributed by atoms with van der Waals surface area (Å²) in [4.78, 5) is 28.6. The van der Waals surface area contributed by atoms with Crippen LogP contribution in [0.15, 0.2) is 78.3 Å². The Kier molecular flexibility index (Phi) is 6.90. The third-order valence-corrected chi connectivity index (χ3v) is 6.90. The highest BCUT2D eigenvalue weighted by Gasteiger charge is 2.20. The molecule has 1 saturated heterocycles. The van der Waals surface area contributed by atoms with Crippen LogP contribution in [0.2, 0.25) is 0 Å². The van der Waals surface area contributed by atoms with Gasteiger partial charge in [-0.1, -0.05) is 37.1 Å². The van der Waals surface area contributed by atoms with Crippen LogP contribution in [0.25, 0.3) is 16.3 Å². The number of nitrogens with one attached hydrogen (secondary N) is 2. The van der Waals surface area contributed by atoms with E-state index in [0.29, 0.717) is 22.6 Å². The Bertz CT molecular complexity index is 1280. The Morgan fingerprint density at radius 3 is 2.14 bits per heavy atom. The SMILES string of the molecule is O=C(Nc1ccc(NC(=O)N2CCCCCC2)cc1)c1cn(-c2ccccc2)nc1-c1cccs1. The fourth-order valence-electron chi connectivity index (χ4n) is 4.16. The van der Waals surface area contributed by atoms with Crippen molar-refractivity contribution in [3.05, 3.63) is 83.9 Å². The van der Waals surface area contributed by atoms with Gasteiger partial charge < -0.3 is 15.5 Å². The van der Waals surface area contributed by atoms with Crippen molar-refractivity contribution in [1.29, 1.82) is 0 Å². The highest BCUT2D eigenvalue weighted by Crippen LogP contribution is 2.28. The molecule has 1 aliphatic heterocycles. The van der Waals surface area contributed by atoms with Gasteiger partial charge >= 0.3 is 6.03 Å². The molecule has 4 aromatic rings. The van der Waals surface area contributed by atoms with E-state index in [1.807, 2.05) is 52.7 Å². The minimum absolute atomic E-state index is 0.0717. The Labute approximate surface area is 208 Å². The van der Waals surface area contributed by atoms with E-state index in [2.05, 4.69) is 10.6 Å². The van der Waals surface area contributed by atoms with Crippen molar-refractivity contribution in [2.45, 2.75) is 25.7 Å². The third-order valence-electron chi connectivity index (χ3n) is 6.02. The summed E-state index contributed by atoms with van der Waals surface area (Å²) >= 11 is 1.54. The van der Waals surface area contributed by atoms with E-state index in [1.54, 1.807) is 46.5 Å². The second-order valence-corrected chi connectivity index (χ2v) is 9.46. The summed E-state index contributed by atoms with van der Waals surface area (Å²) in [5.41, 5.74) is 3.37. The number of carbonyl (C=O) groups is 2. The lowest BCUT2D eigenvalue weighted by Crippen LogP contribution is -2.35. The monoisotopic (exact) mass is 485 g/mol. The molecule has 1 fully saturated rings. The second kappa shape index (κ2) is 10.6. The summed E-state index contributed by atoms with van der Waals surface area (Å²) in [6.07, 6.45) is 6.21. The van der Waals surface area contributed by atoms with E-state index in [1.165, 1.54) is 12.8 Å². The lowest BCUT2D eigenvalue weighted by molar-refractivity contribution is 0.102. The van der Waals surface area contributed by atoms with Crippen LogP contribution in [0.4, 0.5) is 16.2 Å². The number of likely N-dealkylation sites (tertiary alicyclic amines) is 1. The Morgan fingerprint density at radius 2 is 1.49 bits per heavy atom. The van der Waals surface area contributed by atoms with Gasteiger partial charge in [-0.15, -0.1) is 11.3 Å². The molecule has 0 aliphatic carbocycles. The topological polar surface area (TPSA) is 79.3 Å². The smallest absolute Gasteiger partial charge is 0.321 e. The number of hydrogen-bond donors (Lipinski definition) is 2. The molecule has 3 amide bonds. The van der Waals surface area contributed by atoms with Crippen molar-refractivity contribution in [1.82, 2.24) is 14.7 Å². The minimum Gasteiger partial charge on any atom is -0.325 e. The zero-order chi connectivity index (χ0) is 24.0. The zero-order valence-electron chi connectivity index (χ0n) is 19.3. The maximum absolute atomic E-state index is 13.2. The van der Waals surface area contributed by atoms with Crippen molar-refractivity contribution in [2.24, 2.45) is 0 Å². The first-order chi connectivity index (χ1) is 17.2. The molecule has 5 rings (SSSR count). The first-order valence-electron chi connectivity index (χ1n) is 11.8. The molecule has 0 unspecified atom stereocenters. The van der Waals surface area contributed by atoms with Gasteiger partial charge in [-0.25, -0.2) is 9.48 Å². The predicted octanol–water partition coefficient (Wildman–Crippen LogP) is 6.26. The average Bonchev–Trinajstić information content (AvgIpc) is 3.50. The van der Waals surface area contributed by atoms with Gasteiger partial charge in [-0.05, 0) is 60.7 Å². The molecule has 35 heavy (non-hydrogen) atoms. The molecule has 0 radical (unpaired) electrons. The summed E-state index contributed by atoms with van der Waals surface area (Å²) < 4.78 is 1.73. The molecule has 0 atom stereocenters. The van der Waals surface area contributed by atoms with Crippen LogP contribution < -0.4 is 10.6 Å². The number of hydrogen-bond acceptors (Lipinski definition) is 4. The molecule has 7 nitrogen and oxygen atoms in total. The minimum atomic E-state index is -0.239. The van der Waals surface area contributed by atoms with Crippen molar-refractivity contribution < 1.29 is 9.59 Å². The van der Waals surface area contributed by atoms with Crippen LogP contribution in [0.3, 0.4) is 0 Å². The van der Waals surface area contributed by atoms with E-state index in [9.17, 15) is 9.59 Å². The van der Waals surface area contributed by atoms with Crippen LogP contribution in [0, 0.1) is 0 Å². The van der Waals surface area contributed by atoms with E-state index < -0.39 is 0 Å². The van der Waals surface area contributed by atoms with Gasteiger partial charge in [0.15, 0.2) is 0 Å². The molecule has 2 aromatic heterocycles. The molecule has 1 aliphatic rings. The second-order valence-electron chi connectivity index (χ2n) is 8.51. The number of urea groups is 1. The molecule has 2 aromatic carbocycles. The number of aromatic nitrogens is 2. The van der Waals surface area contributed by atoms with Crippen LogP contribution in [0.5, 0.6) is 0 Å². The number of anilines is 2. The van der Waals surface area contributed by atoms with E-state index in [4.69, 9.17) is 5.10 Å². The molecule has 0 saturated carbocycles. The van der Waals surface area contributed by atoms with Crippen molar-refractivity contribution in [3.8, 4) is 16.3 Å². The summed E-state index contributed by atoms with van der Waals surface area (Å²) in [6, 6.07) is 20.8. The van der Waals surface area contributed by atoms with Gasteiger partial charge in [0.2, 0.25) is 0 Å². The lowest BCUT2D eigenvalue weighted by Gasteiger charge is -2.20. The lowest BCUT2D eigenvalue weighted by atomic mass is 10.2. The quantitative estimate of drug-likeness (QED) is 0.350. The van der Waals surface area contributed by atoms with Crippen LogP contribution >= 0.6 is 11.3 Å². The van der Waals surface area contributed by atoms with E-state index in [0.717, 1.165) is 36.5 Å². The summed E-state index contributed by atoms with van der Waals surface area (Å²) in [5.74, 6) is -0.239. The van der Waals surface area contributed by atoms with Gasteiger partial charge in [0.25, 0.3) is 5.91 Å². The highest BCUT2D eigenvalue weighted by molar-refractivity contribution is 7.13. The summed E-state index contributed by atoms with van der Waals surface area (Å²) in [5, 5.41) is 12.6. The number of rotatable bonds is 5. The molecule has 178 valence electrons. The normalized spacial score (nSPS) is 13.8. The largest absolute Gasteiger partial charge is 0.325 e.